The molecule has 0 atom stereocenters. The van der Waals surface area contributed by atoms with Crippen molar-refractivity contribution in [3.05, 3.63) is 35.4 Å². The van der Waals surface area contributed by atoms with E-state index in [4.69, 9.17) is 0 Å². The molecule has 0 aromatic heterocycles. The fraction of sp³-hybridized carbons (Fsp3) is 0.562. The van der Waals surface area contributed by atoms with Crippen molar-refractivity contribution in [2.45, 2.75) is 52.1 Å². The van der Waals surface area contributed by atoms with Gasteiger partial charge < -0.3 is 10.6 Å². The van der Waals surface area contributed by atoms with Gasteiger partial charge in [0.2, 0.25) is 5.91 Å². The molecule has 0 aliphatic rings. The van der Waals surface area contributed by atoms with Crippen molar-refractivity contribution in [2.75, 3.05) is 7.05 Å². The normalized spacial score (nSPS) is 12.3. The molecule has 0 radical (unpaired) electrons. The van der Waals surface area contributed by atoms with Gasteiger partial charge in [-0.05, 0) is 37.4 Å². The van der Waals surface area contributed by atoms with E-state index in [0.29, 0.717) is 6.54 Å². The standard InChI is InChI=1S/C16H26N2O/c1-15(2,3)13-9-7-12(8-10-13)11-18-14(19)16(4,5)17-6/h7-10,17H,11H2,1-6H3,(H,18,19). The molecule has 0 spiro atoms. The summed E-state index contributed by atoms with van der Waals surface area (Å²) >= 11 is 0. The quantitative estimate of drug-likeness (QED) is 0.875. The highest BCUT2D eigenvalue weighted by Crippen LogP contribution is 2.22. The summed E-state index contributed by atoms with van der Waals surface area (Å²) < 4.78 is 0. The van der Waals surface area contributed by atoms with Crippen LogP contribution in [0.4, 0.5) is 0 Å². The van der Waals surface area contributed by atoms with E-state index in [0.717, 1.165) is 5.56 Å². The zero-order chi connectivity index (χ0) is 14.7. The molecular weight excluding hydrogens is 236 g/mol. The summed E-state index contributed by atoms with van der Waals surface area (Å²) in [6.07, 6.45) is 0. The highest BCUT2D eigenvalue weighted by molar-refractivity contribution is 5.85. The fourth-order valence-electron chi connectivity index (χ4n) is 1.64. The lowest BCUT2D eigenvalue weighted by molar-refractivity contribution is -0.126. The van der Waals surface area contributed by atoms with E-state index in [9.17, 15) is 4.79 Å². The molecule has 1 aromatic rings. The van der Waals surface area contributed by atoms with Crippen LogP contribution in [0.3, 0.4) is 0 Å². The molecule has 0 fully saturated rings. The molecule has 0 aliphatic carbocycles. The number of benzene rings is 1. The first-order valence-corrected chi connectivity index (χ1v) is 6.73. The molecule has 0 saturated heterocycles. The Bertz CT molecular complexity index is 427. The van der Waals surface area contributed by atoms with Crippen LogP contribution in [0, 0.1) is 0 Å². The molecule has 0 aliphatic heterocycles. The summed E-state index contributed by atoms with van der Waals surface area (Å²) in [6, 6.07) is 8.41. The van der Waals surface area contributed by atoms with E-state index in [1.54, 1.807) is 7.05 Å². The number of amides is 1. The van der Waals surface area contributed by atoms with Gasteiger partial charge in [-0.3, -0.25) is 4.79 Å². The van der Waals surface area contributed by atoms with Gasteiger partial charge in [-0.2, -0.15) is 0 Å². The molecular formula is C16H26N2O. The second-order valence-electron chi connectivity index (χ2n) is 6.50. The van der Waals surface area contributed by atoms with Crippen LogP contribution in [0.15, 0.2) is 24.3 Å². The van der Waals surface area contributed by atoms with Crippen molar-refractivity contribution in [1.29, 1.82) is 0 Å². The van der Waals surface area contributed by atoms with Crippen LogP contribution in [-0.4, -0.2) is 18.5 Å². The number of likely N-dealkylation sites (N-methyl/N-ethyl adjacent to an activating group) is 1. The van der Waals surface area contributed by atoms with Crippen molar-refractivity contribution in [3.8, 4) is 0 Å². The van der Waals surface area contributed by atoms with Crippen LogP contribution in [0.2, 0.25) is 0 Å². The minimum absolute atomic E-state index is 0.00916. The third kappa shape index (κ3) is 4.35. The Morgan fingerprint density at radius 1 is 1.05 bits per heavy atom. The third-order valence-corrected chi connectivity index (χ3v) is 3.47. The third-order valence-electron chi connectivity index (χ3n) is 3.47. The van der Waals surface area contributed by atoms with Crippen LogP contribution in [0.1, 0.15) is 45.7 Å². The number of nitrogens with one attached hydrogen (secondary N) is 2. The monoisotopic (exact) mass is 262 g/mol. The summed E-state index contributed by atoms with van der Waals surface area (Å²) in [7, 11) is 1.79. The van der Waals surface area contributed by atoms with Crippen LogP contribution >= 0.6 is 0 Å². The molecule has 0 heterocycles. The maximum Gasteiger partial charge on any atom is 0.239 e. The number of carbonyl (C=O) groups is 1. The van der Waals surface area contributed by atoms with Crippen LogP contribution in [0.25, 0.3) is 0 Å². The summed E-state index contributed by atoms with van der Waals surface area (Å²) in [5.41, 5.74) is 2.05. The number of carbonyl (C=O) groups excluding carboxylic acids is 1. The predicted octanol–water partition coefficient (Wildman–Crippen LogP) is 2.60. The number of rotatable bonds is 4. The summed E-state index contributed by atoms with van der Waals surface area (Å²) in [5.74, 6) is 0.00916. The van der Waals surface area contributed by atoms with Gasteiger partial charge >= 0.3 is 0 Å². The molecule has 1 aromatic carbocycles. The second-order valence-corrected chi connectivity index (χ2v) is 6.50. The topological polar surface area (TPSA) is 41.1 Å². The largest absolute Gasteiger partial charge is 0.350 e. The van der Waals surface area contributed by atoms with Gasteiger partial charge in [-0.25, -0.2) is 0 Å². The van der Waals surface area contributed by atoms with Gasteiger partial charge in [-0.1, -0.05) is 45.0 Å². The van der Waals surface area contributed by atoms with Crippen molar-refractivity contribution in [2.24, 2.45) is 0 Å². The zero-order valence-electron chi connectivity index (χ0n) is 12.9. The van der Waals surface area contributed by atoms with Crippen molar-refractivity contribution in [1.82, 2.24) is 10.6 Å². The average Bonchev–Trinajstić information content (AvgIpc) is 2.35. The van der Waals surface area contributed by atoms with E-state index in [2.05, 4.69) is 55.7 Å². The fourth-order valence-corrected chi connectivity index (χ4v) is 1.64. The molecule has 19 heavy (non-hydrogen) atoms. The molecule has 3 nitrogen and oxygen atoms in total. The highest BCUT2D eigenvalue weighted by Gasteiger charge is 2.24. The van der Waals surface area contributed by atoms with Gasteiger partial charge in [0, 0.05) is 6.54 Å². The number of hydrogen-bond acceptors (Lipinski definition) is 2. The Morgan fingerprint density at radius 3 is 2.00 bits per heavy atom. The van der Waals surface area contributed by atoms with Gasteiger partial charge in [0.15, 0.2) is 0 Å². The lowest BCUT2D eigenvalue weighted by atomic mass is 9.87. The van der Waals surface area contributed by atoms with E-state index in [-0.39, 0.29) is 11.3 Å². The molecule has 1 amide bonds. The Labute approximate surface area is 116 Å². The highest BCUT2D eigenvalue weighted by atomic mass is 16.2. The van der Waals surface area contributed by atoms with Crippen LogP contribution in [-0.2, 0) is 16.8 Å². The van der Waals surface area contributed by atoms with Crippen molar-refractivity contribution < 1.29 is 4.79 Å². The molecule has 1 rings (SSSR count). The lowest BCUT2D eigenvalue weighted by Crippen LogP contribution is -2.50. The van der Waals surface area contributed by atoms with E-state index in [1.165, 1.54) is 5.56 Å². The minimum atomic E-state index is -0.536. The second kappa shape index (κ2) is 5.74. The molecule has 0 bridgehead atoms. The van der Waals surface area contributed by atoms with Crippen LogP contribution < -0.4 is 10.6 Å². The predicted molar refractivity (Wildman–Crippen MR) is 80.1 cm³/mol. The zero-order valence-corrected chi connectivity index (χ0v) is 12.9. The minimum Gasteiger partial charge on any atom is -0.350 e. The van der Waals surface area contributed by atoms with Gasteiger partial charge in [0.1, 0.15) is 0 Å². The van der Waals surface area contributed by atoms with Gasteiger partial charge in [0.25, 0.3) is 0 Å². The van der Waals surface area contributed by atoms with E-state index >= 15 is 0 Å². The van der Waals surface area contributed by atoms with Crippen LogP contribution in [0.5, 0.6) is 0 Å². The average molecular weight is 262 g/mol. The maximum atomic E-state index is 11.9. The smallest absolute Gasteiger partial charge is 0.239 e. The molecule has 0 unspecified atom stereocenters. The maximum absolute atomic E-state index is 11.9. The van der Waals surface area contributed by atoms with E-state index < -0.39 is 5.54 Å². The first kappa shape index (κ1) is 15.7. The summed E-state index contributed by atoms with van der Waals surface area (Å²) in [4.78, 5) is 11.9. The first-order valence-electron chi connectivity index (χ1n) is 6.73. The van der Waals surface area contributed by atoms with Gasteiger partial charge in [0.05, 0.1) is 5.54 Å². The Hall–Kier alpha value is -1.35. The molecule has 2 N–H and O–H groups in total. The molecule has 3 heteroatoms. The Balaban J connectivity index is 2.63. The van der Waals surface area contributed by atoms with E-state index in [1.807, 2.05) is 13.8 Å². The Morgan fingerprint density at radius 2 is 1.58 bits per heavy atom. The van der Waals surface area contributed by atoms with Crippen molar-refractivity contribution in [3.63, 3.8) is 0 Å². The van der Waals surface area contributed by atoms with Gasteiger partial charge in [-0.15, -0.1) is 0 Å². The summed E-state index contributed by atoms with van der Waals surface area (Å²) in [5, 5.41) is 5.94. The number of hydrogen-bond donors (Lipinski definition) is 2. The van der Waals surface area contributed by atoms with Crippen molar-refractivity contribution >= 4 is 5.91 Å². The molecule has 0 saturated carbocycles. The molecule has 106 valence electrons. The summed E-state index contributed by atoms with van der Waals surface area (Å²) in [6.45, 7) is 10.9. The SMILES string of the molecule is CNC(C)(C)C(=O)NCc1ccc(C(C)(C)C)cc1. The first-order chi connectivity index (χ1) is 8.66. The lowest BCUT2D eigenvalue weighted by Gasteiger charge is -2.23. The Kier molecular flexibility index (Phi) is 4.75.